The lowest BCUT2D eigenvalue weighted by Gasteiger charge is -2.23. The summed E-state index contributed by atoms with van der Waals surface area (Å²) < 4.78 is 28.6. The van der Waals surface area contributed by atoms with Gasteiger partial charge in [-0.15, -0.1) is 0 Å². The highest BCUT2D eigenvalue weighted by Crippen LogP contribution is 2.40. The number of aromatic nitrogens is 2. The third-order valence-electron chi connectivity index (χ3n) is 4.82. The van der Waals surface area contributed by atoms with Gasteiger partial charge >= 0.3 is 0 Å². The van der Waals surface area contributed by atoms with Crippen LogP contribution in [0.1, 0.15) is 49.5 Å². The standard InChI is InChI=1S/C18H20N4O3/c1-20(2)18(24)15-16-14-5-4-8-21(14)17(23)12-9-11(25-3)6-7-13(12)22(16)10-19-15/h6-7,9-10,14H,4-5,8H2,1-3H3/t14-/m0/s1/i3D3. The maximum absolute atomic E-state index is 13.2. The molecule has 2 aromatic rings. The number of rotatable bonds is 2. The zero-order chi connectivity index (χ0) is 20.2. The lowest BCUT2D eigenvalue weighted by atomic mass is 10.1. The molecule has 2 amide bonds. The van der Waals surface area contributed by atoms with Gasteiger partial charge in [-0.05, 0) is 31.0 Å². The van der Waals surface area contributed by atoms with Gasteiger partial charge in [0.25, 0.3) is 11.8 Å². The highest BCUT2D eigenvalue weighted by Gasteiger charge is 2.40. The Labute approximate surface area is 150 Å². The minimum Gasteiger partial charge on any atom is -0.497 e. The number of imidazole rings is 1. The molecule has 0 unspecified atom stereocenters. The summed E-state index contributed by atoms with van der Waals surface area (Å²) in [5.41, 5.74) is 1.89. The Morgan fingerprint density at radius 3 is 3.04 bits per heavy atom. The first kappa shape index (κ1) is 12.5. The second-order valence-corrected chi connectivity index (χ2v) is 6.49. The number of carbonyl (C=O) groups excluding carboxylic acids is 2. The molecule has 4 rings (SSSR count). The van der Waals surface area contributed by atoms with E-state index < -0.39 is 7.04 Å². The average Bonchev–Trinajstić information content (AvgIpc) is 3.23. The van der Waals surface area contributed by atoms with Crippen LogP contribution in [0.25, 0.3) is 5.69 Å². The molecule has 25 heavy (non-hydrogen) atoms. The first-order chi connectivity index (χ1) is 13.2. The molecule has 1 saturated heterocycles. The van der Waals surface area contributed by atoms with Crippen LogP contribution >= 0.6 is 0 Å². The predicted molar refractivity (Wildman–Crippen MR) is 91.1 cm³/mol. The molecule has 0 saturated carbocycles. The molecule has 0 N–H and O–H groups in total. The first-order valence-electron chi connectivity index (χ1n) is 9.60. The molecule has 0 aliphatic carbocycles. The summed E-state index contributed by atoms with van der Waals surface area (Å²) in [7, 11) is 0.715. The van der Waals surface area contributed by atoms with Crippen LogP contribution in [0.5, 0.6) is 5.75 Å². The third kappa shape index (κ3) is 2.22. The average molecular weight is 343 g/mol. The molecule has 7 nitrogen and oxygen atoms in total. The topological polar surface area (TPSA) is 67.7 Å². The van der Waals surface area contributed by atoms with Gasteiger partial charge in [0.05, 0.1) is 34.1 Å². The van der Waals surface area contributed by atoms with Crippen LogP contribution in [0, 0.1) is 0 Å². The molecular formula is C18H20N4O3. The Morgan fingerprint density at radius 2 is 2.28 bits per heavy atom. The zero-order valence-corrected chi connectivity index (χ0v) is 14.0. The van der Waals surface area contributed by atoms with Crippen molar-refractivity contribution in [3.63, 3.8) is 0 Å². The first-order valence-corrected chi connectivity index (χ1v) is 8.10. The molecular weight excluding hydrogens is 320 g/mol. The molecule has 2 aliphatic rings. The largest absolute Gasteiger partial charge is 0.497 e. The van der Waals surface area contributed by atoms with Gasteiger partial charge < -0.3 is 14.5 Å². The SMILES string of the molecule is [2H]C([2H])([2H])Oc1ccc2c(c1)C(=O)N1CCC[C@H]1c1c(C(=O)N(C)C)ncn1-2. The molecule has 2 aliphatic heterocycles. The fourth-order valence-corrected chi connectivity index (χ4v) is 3.65. The zero-order valence-electron chi connectivity index (χ0n) is 17.0. The lowest BCUT2D eigenvalue weighted by Crippen LogP contribution is -2.31. The van der Waals surface area contributed by atoms with Gasteiger partial charge in [0, 0.05) is 20.6 Å². The monoisotopic (exact) mass is 343 g/mol. The fourth-order valence-electron chi connectivity index (χ4n) is 3.65. The quantitative estimate of drug-likeness (QED) is 0.835. The fraction of sp³-hybridized carbons (Fsp3) is 0.389. The summed E-state index contributed by atoms with van der Waals surface area (Å²) in [5, 5.41) is 0. The van der Waals surface area contributed by atoms with E-state index in [0.717, 1.165) is 12.8 Å². The highest BCUT2D eigenvalue weighted by molar-refractivity contribution is 6.00. The Morgan fingerprint density at radius 1 is 1.44 bits per heavy atom. The van der Waals surface area contributed by atoms with Crippen molar-refractivity contribution in [2.45, 2.75) is 18.9 Å². The summed E-state index contributed by atoms with van der Waals surface area (Å²) in [4.78, 5) is 33.4. The van der Waals surface area contributed by atoms with Crippen molar-refractivity contribution < 1.29 is 18.4 Å². The van der Waals surface area contributed by atoms with E-state index in [2.05, 4.69) is 4.98 Å². The number of benzene rings is 1. The Balaban J connectivity index is 1.90. The van der Waals surface area contributed by atoms with Gasteiger partial charge in [-0.25, -0.2) is 4.98 Å². The molecule has 3 heterocycles. The van der Waals surface area contributed by atoms with E-state index in [4.69, 9.17) is 8.85 Å². The van der Waals surface area contributed by atoms with Crippen molar-refractivity contribution in [2.75, 3.05) is 27.7 Å². The maximum atomic E-state index is 13.2. The van der Waals surface area contributed by atoms with E-state index in [9.17, 15) is 9.59 Å². The predicted octanol–water partition coefficient (Wildman–Crippen LogP) is 1.87. The van der Waals surface area contributed by atoms with E-state index in [1.54, 1.807) is 36.0 Å². The molecule has 1 aromatic carbocycles. The van der Waals surface area contributed by atoms with Crippen LogP contribution < -0.4 is 4.74 Å². The van der Waals surface area contributed by atoms with Gasteiger partial charge in [0.1, 0.15) is 12.1 Å². The molecule has 1 aromatic heterocycles. The number of hydrogen-bond donors (Lipinski definition) is 0. The molecule has 130 valence electrons. The van der Waals surface area contributed by atoms with Crippen molar-refractivity contribution in [1.29, 1.82) is 0 Å². The van der Waals surface area contributed by atoms with Crippen molar-refractivity contribution in [2.24, 2.45) is 0 Å². The lowest BCUT2D eigenvalue weighted by molar-refractivity contribution is 0.0729. The number of nitrogens with zero attached hydrogens (tertiary/aromatic N) is 4. The van der Waals surface area contributed by atoms with Gasteiger partial charge in [-0.2, -0.15) is 0 Å². The van der Waals surface area contributed by atoms with Crippen LogP contribution in [0.4, 0.5) is 0 Å². The van der Waals surface area contributed by atoms with Crippen molar-refractivity contribution in [3.8, 4) is 11.4 Å². The number of methoxy groups -OCH3 is 1. The van der Waals surface area contributed by atoms with Crippen LogP contribution in [0.3, 0.4) is 0 Å². The van der Waals surface area contributed by atoms with Crippen LogP contribution in [0.15, 0.2) is 24.5 Å². The van der Waals surface area contributed by atoms with E-state index in [1.165, 1.54) is 17.0 Å². The van der Waals surface area contributed by atoms with Crippen molar-refractivity contribution in [3.05, 3.63) is 41.5 Å². The number of amides is 2. The van der Waals surface area contributed by atoms with Crippen LogP contribution in [-0.2, 0) is 0 Å². The summed E-state index contributed by atoms with van der Waals surface area (Å²) in [6.45, 7) is 0.564. The Bertz CT molecular complexity index is 967. The normalized spacial score (nSPS) is 20.6. The third-order valence-corrected chi connectivity index (χ3v) is 4.82. The Kier molecular flexibility index (Phi) is 2.81. The Hall–Kier alpha value is -2.83. The van der Waals surface area contributed by atoms with E-state index >= 15 is 0 Å². The number of fused-ring (bicyclic) bond motifs is 5. The summed E-state index contributed by atoms with van der Waals surface area (Å²) in [6.07, 6.45) is 3.10. The minimum absolute atomic E-state index is 0.0935. The molecule has 0 bridgehead atoms. The summed E-state index contributed by atoms with van der Waals surface area (Å²) >= 11 is 0. The van der Waals surface area contributed by atoms with E-state index in [-0.39, 0.29) is 23.6 Å². The molecule has 7 heteroatoms. The number of carbonyl (C=O) groups is 2. The van der Waals surface area contributed by atoms with Gasteiger partial charge in [-0.3, -0.25) is 14.2 Å². The minimum atomic E-state index is -2.61. The second-order valence-electron chi connectivity index (χ2n) is 6.49. The van der Waals surface area contributed by atoms with Gasteiger partial charge in [-0.1, -0.05) is 0 Å². The van der Waals surface area contributed by atoms with Gasteiger partial charge in [0.15, 0.2) is 5.69 Å². The highest BCUT2D eigenvalue weighted by atomic mass is 16.5. The van der Waals surface area contributed by atoms with Crippen LogP contribution in [-0.4, -0.2) is 58.8 Å². The molecule has 1 fully saturated rings. The molecule has 1 atom stereocenters. The van der Waals surface area contributed by atoms with Crippen molar-refractivity contribution >= 4 is 11.8 Å². The van der Waals surface area contributed by atoms with Gasteiger partial charge in [0.2, 0.25) is 0 Å². The smallest absolute Gasteiger partial charge is 0.273 e. The summed E-state index contributed by atoms with van der Waals surface area (Å²) in [6, 6.07) is 4.33. The number of ether oxygens (including phenoxy) is 1. The molecule has 0 spiro atoms. The summed E-state index contributed by atoms with van der Waals surface area (Å²) in [5.74, 6) is -0.338. The van der Waals surface area contributed by atoms with E-state index in [1.807, 2.05) is 0 Å². The van der Waals surface area contributed by atoms with Crippen molar-refractivity contribution in [1.82, 2.24) is 19.4 Å². The van der Waals surface area contributed by atoms with Crippen LogP contribution in [0.2, 0.25) is 0 Å². The van der Waals surface area contributed by atoms with E-state index in [0.29, 0.717) is 29.2 Å². The maximum Gasteiger partial charge on any atom is 0.273 e. The second kappa shape index (κ2) is 5.61. The number of hydrogen-bond acceptors (Lipinski definition) is 4. The molecule has 0 radical (unpaired) electrons.